The minimum absolute atomic E-state index is 0.0335. The number of hydrogen-bond donors (Lipinski definition) is 28. The van der Waals surface area contributed by atoms with Gasteiger partial charge in [0, 0.05) is 25.9 Å². The number of carboxylic acid groups (broad SMARTS) is 3. The van der Waals surface area contributed by atoms with Crippen molar-refractivity contribution in [1.29, 1.82) is 0 Å². The number of carbonyl (C=O) groups is 23. The van der Waals surface area contributed by atoms with Gasteiger partial charge in [0.05, 0.1) is 63.2 Å². The molecule has 20 amide bonds. The molecule has 0 aromatic heterocycles. The maximum Gasteiger partial charge on any atom is 0.328 e. The van der Waals surface area contributed by atoms with Gasteiger partial charge in [-0.2, -0.15) is 11.8 Å². The molecule has 0 aromatic rings. The molecule has 2 aliphatic rings. The lowest BCUT2D eigenvalue weighted by atomic mass is 9.98. The van der Waals surface area contributed by atoms with Crippen molar-refractivity contribution in [3.8, 4) is 0 Å². The van der Waals surface area contributed by atoms with Gasteiger partial charge in [0.15, 0.2) is 6.04 Å². The number of thioether (sulfide) groups is 1. The lowest BCUT2D eigenvalue weighted by molar-refractivity contribution is -0.145. The molecule has 0 aliphatic carbocycles. The molecule has 0 radical (unpaired) electrons. The molecular formula is C83H139N21O32S. The normalized spacial score (nSPS) is 18.0. The van der Waals surface area contributed by atoms with Crippen molar-refractivity contribution in [2.75, 3.05) is 51.4 Å². The number of aliphatic hydroxyl groups excluding tert-OH is 6. The van der Waals surface area contributed by atoms with Crippen molar-refractivity contribution in [2.45, 2.75) is 301 Å². The summed E-state index contributed by atoms with van der Waals surface area (Å²) < 4.78 is 0. The van der Waals surface area contributed by atoms with Gasteiger partial charge in [-0.05, 0) is 121 Å². The van der Waals surface area contributed by atoms with E-state index < -0.39 is 357 Å². The van der Waals surface area contributed by atoms with Gasteiger partial charge in [0.25, 0.3) is 0 Å². The van der Waals surface area contributed by atoms with E-state index in [1.807, 2.05) is 0 Å². The summed E-state index contributed by atoms with van der Waals surface area (Å²) in [6.07, 6.45) is -8.28. The van der Waals surface area contributed by atoms with Gasteiger partial charge in [0.1, 0.15) is 96.7 Å². The minimum atomic E-state index is -1.96. The third-order valence-corrected chi connectivity index (χ3v) is 22.6. The predicted molar refractivity (Wildman–Crippen MR) is 481 cm³/mol. The second kappa shape index (κ2) is 58.5. The van der Waals surface area contributed by atoms with Gasteiger partial charge in [-0.25, -0.2) is 4.79 Å². The molecule has 0 spiro atoms. The molecule has 53 nitrogen and oxygen atoms in total. The number of amides is 20. The summed E-state index contributed by atoms with van der Waals surface area (Å²) in [4.78, 5) is 310. The number of nitrogens with two attached hydrogens (primary N) is 2. The zero-order chi connectivity index (χ0) is 105. The van der Waals surface area contributed by atoms with E-state index in [-0.39, 0.29) is 50.9 Å². The average Bonchev–Trinajstić information content (AvgIpc) is 1.72. The monoisotopic (exact) mass is 1970 g/mol. The zero-order valence-electron chi connectivity index (χ0n) is 79.5. The summed E-state index contributed by atoms with van der Waals surface area (Å²) in [5.74, 6) is -28.9. The second-order valence-corrected chi connectivity index (χ2v) is 36.1. The van der Waals surface area contributed by atoms with Crippen LogP contribution in [0.5, 0.6) is 0 Å². The van der Waals surface area contributed by atoms with Crippen molar-refractivity contribution in [3.63, 3.8) is 0 Å². The molecular weight excluding hydrogens is 1840 g/mol. The lowest BCUT2D eigenvalue weighted by Crippen LogP contribution is -2.63. The Kier molecular flexibility index (Phi) is 51.6. The first kappa shape index (κ1) is 121. The third-order valence-electron chi connectivity index (χ3n) is 21.9. The Bertz CT molecular complexity index is 4250. The van der Waals surface area contributed by atoms with Gasteiger partial charge in [-0.15, -0.1) is 0 Å². The quantitative estimate of drug-likeness (QED) is 0.0269. The highest BCUT2D eigenvalue weighted by atomic mass is 32.2. The van der Waals surface area contributed by atoms with E-state index in [2.05, 4.69) is 90.4 Å². The van der Waals surface area contributed by atoms with E-state index in [9.17, 15) is 151 Å². The largest absolute Gasteiger partial charge is 0.481 e. The number of nitrogens with zero attached hydrogens (tertiary/aromatic N) is 2. The molecule has 0 aromatic carbocycles. The molecule has 0 unspecified atom stereocenters. The fourth-order valence-corrected chi connectivity index (χ4v) is 14.4. The van der Waals surface area contributed by atoms with Crippen LogP contribution in [0, 0.1) is 29.6 Å². The van der Waals surface area contributed by atoms with E-state index in [0.29, 0.717) is 0 Å². The molecule has 137 heavy (non-hydrogen) atoms. The van der Waals surface area contributed by atoms with Crippen LogP contribution >= 0.6 is 11.8 Å². The van der Waals surface area contributed by atoms with Crippen LogP contribution in [0.25, 0.3) is 0 Å². The van der Waals surface area contributed by atoms with E-state index >= 15 is 0 Å². The minimum Gasteiger partial charge on any atom is -0.481 e. The molecule has 2 heterocycles. The molecule has 22 atom stereocenters. The molecule has 2 fully saturated rings. The molecule has 30 N–H and O–H groups in total. The molecule has 2 rings (SSSR count). The number of primary amides is 1. The summed E-state index contributed by atoms with van der Waals surface area (Å²) in [5, 5.41) is 131. The van der Waals surface area contributed by atoms with E-state index in [4.69, 9.17) is 16.6 Å². The molecule has 0 bridgehead atoms. The van der Waals surface area contributed by atoms with Crippen LogP contribution in [0.4, 0.5) is 0 Å². The van der Waals surface area contributed by atoms with Crippen LogP contribution in [-0.2, 0) is 110 Å². The Labute approximate surface area is 794 Å². The summed E-state index contributed by atoms with van der Waals surface area (Å²) >= 11 is 1.25. The van der Waals surface area contributed by atoms with Crippen molar-refractivity contribution < 1.29 is 156 Å². The van der Waals surface area contributed by atoms with Gasteiger partial charge >= 0.3 is 17.9 Å². The third kappa shape index (κ3) is 39.5. The number of aliphatic carboxylic acids is 3. The van der Waals surface area contributed by atoms with Crippen molar-refractivity contribution in [3.05, 3.63) is 0 Å². The van der Waals surface area contributed by atoms with Crippen LogP contribution in [-0.4, -0.2) is 376 Å². The maximum atomic E-state index is 14.4. The van der Waals surface area contributed by atoms with Crippen molar-refractivity contribution in [1.82, 2.24) is 100 Å². The van der Waals surface area contributed by atoms with E-state index in [1.54, 1.807) is 34.0 Å². The first-order chi connectivity index (χ1) is 63.8. The smallest absolute Gasteiger partial charge is 0.328 e. The van der Waals surface area contributed by atoms with Crippen LogP contribution in [0.3, 0.4) is 0 Å². The van der Waals surface area contributed by atoms with Crippen LogP contribution in [0.15, 0.2) is 0 Å². The predicted octanol–water partition coefficient (Wildman–Crippen LogP) is -11.9. The van der Waals surface area contributed by atoms with E-state index in [1.165, 1.54) is 53.3 Å². The summed E-state index contributed by atoms with van der Waals surface area (Å²) in [6.45, 7) is 16.3. The molecule has 2 aliphatic heterocycles. The number of likely N-dealkylation sites (tertiary alicyclic amines) is 2. The van der Waals surface area contributed by atoms with Crippen LogP contribution < -0.4 is 102 Å². The van der Waals surface area contributed by atoms with Gasteiger partial charge < -0.3 is 158 Å². The number of rotatable bonds is 59. The first-order valence-electron chi connectivity index (χ1n) is 44.6. The van der Waals surface area contributed by atoms with Gasteiger partial charge in [-0.1, -0.05) is 69.2 Å². The Morgan fingerprint density at radius 1 is 0.343 bits per heavy atom. The zero-order valence-corrected chi connectivity index (χ0v) is 80.3. The second-order valence-electron chi connectivity index (χ2n) is 35.2. The fourth-order valence-electron chi connectivity index (χ4n) is 14.0. The SMILES string of the molecule is CSCC[C@H](NC(=O)[C@@H](NC(=O)[C@@H](NC(=O)[C@@H](N)CC(=O)O)C(C)C)C(C)C)C(=O)N[C@H](C(=O)N[C@@H](CCC(N)=O)C(=O)N[C@H](C(=O)N1CCC[C@H]1C(=O)N[C@@H](C)C(=O)N[C@@H](CO)C(=O)N[C@H](C(=O)N[C@@H](CO)C(=O)N[C@@H](CCC(=O)O)C(=O)N1CCC[C@H]1C(=O)N[C@H](C(=O)NCC(=O)NCC(=O)N[C@H](C(=O)N[C@H](C(=O)N[C@H](C(=O)O)[C@@H](C)O)C(C)C)[C@@H](C)O)C(C)C)C(C)C)[C@@H](C)O)[C@@H](C)O. The van der Waals surface area contributed by atoms with Crippen molar-refractivity contribution in [2.24, 2.45) is 41.1 Å². The Balaban J connectivity index is 2.24. The summed E-state index contributed by atoms with van der Waals surface area (Å²) in [5.41, 5.74) is 11.1. The van der Waals surface area contributed by atoms with Crippen molar-refractivity contribution >= 4 is 148 Å². The Hall–Kier alpha value is -12.1. The number of aliphatic hydroxyl groups is 6. The lowest BCUT2D eigenvalue weighted by Gasteiger charge is -2.32. The summed E-state index contributed by atoms with van der Waals surface area (Å²) in [6, 6.07) is -29.4. The number of hydrogen-bond acceptors (Lipinski definition) is 31. The highest BCUT2D eigenvalue weighted by molar-refractivity contribution is 7.98. The first-order valence-corrected chi connectivity index (χ1v) is 46.0. The molecule has 774 valence electrons. The number of carboxylic acids is 3. The average molecular weight is 1980 g/mol. The van der Waals surface area contributed by atoms with Crippen LogP contribution in [0.2, 0.25) is 0 Å². The highest BCUT2D eigenvalue weighted by Gasteiger charge is 2.46. The van der Waals surface area contributed by atoms with Gasteiger partial charge in [0.2, 0.25) is 118 Å². The molecule has 54 heteroatoms. The Morgan fingerprint density at radius 2 is 0.679 bits per heavy atom. The number of carbonyl (C=O) groups excluding carboxylic acids is 20. The topological polar surface area (TPSA) is 838 Å². The van der Waals surface area contributed by atoms with Crippen LogP contribution in [0.1, 0.15) is 168 Å². The van der Waals surface area contributed by atoms with Gasteiger partial charge in [-0.3, -0.25) is 105 Å². The number of nitrogens with one attached hydrogen (secondary N) is 17. The standard InChI is InChI=1S/C83H139N21O32S/c1-34(2)57(74(126)87-30-53(112)86-31-54(113)94-62(40(12)107)80(132)99-61(38(9)10)78(130)102-65(43(15)110)83(135)136)97-73(125)51-20-17-26-103(51)81(133)47(22-24-55(114)115)91-70(122)48(32-105)93-76(128)58(35(3)4)96-71(123)49(33-106)92-66(118)39(11)88-72(124)50-19-18-27-104(50)82(134)64(42(14)109)101-68(120)45(21-23-52(85)111)89-79(131)63(41(13)108)100-69(121)46(25-28-137-16)90-75(127)59(36(5)6)98-77(129)60(37(7)8)95-67(119)44(84)29-56(116)117/h34-51,57-65,105-110H,17-33,84H2,1-16H3,(H2,85,111)(H,86,112)(H,87,126)(H,88,124)(H,89,131)(H,90,127)(H,91,122)(H,92,118)(H,93,128)(H,94,113)(H,95,119)(H,96,123)(H,97,125)(H,98,129)(H,99,132)(H,100,121)(H,101,120)(H,102,130)(H,114,115)(H,116,117)(H,135,136)/t39-,40+,41+,42+,43+,44-,45-,46-,47-,48-,49-,50-,51-,57-,58-,59-,60-,61-,62-,63-,64-,65-/m0/s1. The summed E-state index contributed by atoms with van der Waals surface area (Å²) in [7, 11) is 0. The maximum absolute atomic E-state index is 14.4. The molecule has 2 saturated heterocycles. The Morgan fingerprint density at radius 3 is 1.10 bits per heavy atom. The van der Waals surface area contributed by atoms with E-state index in [0.717, 1.165) is 44.4 Å². The highest BCUT2D eigenvalue weighted by Crippen LogP contribution is 2.24. The fraction of sp³-hybridized carbons (Fsp3) is 0.723. The molecule has 0 saturated carbocycles.